The summed E-state index contributed by atoms with van der Waals surface area (Å²) in [5.74, 6) is 0.334. The van der Waals surface area contributed by atoms with E-state index in [-0.39, 0.29) is 11.7 Å². The molecular weight excluding hydrogens is 295 g/mol. The van der Waals surface area contributed by atoms with Crippen LogP contribution in [0.5, 0.6) is 0 Å². The zero-order valence-corrected chi connectivity index (χ0v) is 12.3. The normalized spacial score (nSPS) is 20.3. The second-order valence-corrected chi connectivity index (χ2v) is 5.57. The molecule has 1 heterocycles. The summed E-state index contributed by atoms with van der Waals surface area (Å²) in [5.41, 5.74) is -0.656. The zero-order valence-electron chi connectivity index (χ0n) is 12.3. The molecule has 4 nitrogen and oxygen atoms in total. The van der Waals surface area contributed by atoms with E-state index in [1.807, 2.05) is 6.92 Å². The number of carbonyl (C=O) groups excluding carboxylic acids is 1. The largest absolute Gasteiger partial charge is 0.416 e. The van der Waals surface area contributed by atoms with E-state index in [1.54, 1.807) is 0 Å². The molecule has 0 spiro atoms. The number of rotatable bonds is 3. The standard InChI is InChI=1S/C15H20F3N3O/c1-10(11-4-3-7-19-9-11)20-14(22)21-13-6-2-5-12(8-13)15(16,17)18/h2,5-6,8,10-11,19H,3-4,7,9H2,1H3,(H2,20,21,22). The summed E-state index contributed by atoms with van der Waals surface area (Å²) >= 11 is 0. The average molecular weight is 315 g/mol. The van der Waals surface area contributed by atoms with Crippen molar-refractivity contribution in [2.45, 2.75) is 32.0 Å². The van der Waals surface area contributed by atoms with Crippen LogP contribution in [0.4, 0.5) is 23.7 Å². The molecular formula is C15H20F3N3O. The molecule has 1 aromatic carbocycles. The summed E-state index contributed by atoms with van der Waals surface area (Å²) in [6, 6.07) is 4.07. The Labute approximate surface area is 127 Å². The molecule has 0 bridgehead atoms. The Balaban J connectivity index is 1.91. The number of anilines is 1. The average Bonchev–Trinajstić information content (AvgIpc) is 2.47. The van der Waals surface area contributed by atoms with Gasteiger partial charge >= 0.3 is 12.2 Å². The van der Waals surface area contributed by atoms with Gasteiger partial charge in [0, 0.05) is 11.7 Å². The maximum absolute atomic E-state index is 12.6. The first kappa shape index (κ1) is 16.6. The van der Waals surface area contributed by atoms with Gasteiger partial charge in [-0.2, -0.15) is 13.2 Å². The van der Waals surface area contributed by atoms with Gasteiger partial charge in [-0.3, -0.25) is 0 Å². The smallest absolute Gasteiger partial charge is 0.335 e. The quantitative estimate of drug-likeness (QED) is 0.802. The lowest BCUT2D eigenvalue weighted by Crippen LogP contribution is -2.45. The number of alkyl halides is 3. The third-order valence-corrected chi connectivity index (χ3v) is 3.85. The fourth-order valence-electron chi connectivity index (χ4n) is 2.57. The Morgan fingerprint density at radius 3 is 2.82 bits per heavy atom. The van der Waals surface area contributed by atoms with Crippen molar-refractivity contribution in [2.24, 2.45) is 5.92 Å². The van der Waals surface area contributed by atoms with Gasteiger partial charge in [-0.25, -0.2) is 4.79 Å². The van der Waals surface area contributed by atoms with E-state index >= 15 is 0 Å². The van der Waals surface area contributed by atoms with Gasteiger partial charge in [0.1, 0.15) is 0 Å². The topological polar surface area (TPSA) is 53.2 Å². The Hall–Kier alpha value is -1.76. The molecule has 1 aliphatic rings. The first-order valence-corrected chi connectivity index (χ1v) is 7.32. The minimum Gasteiger partial charge on any atom is -0.335 e. The first-order chi connectivity index (χ1) is 10.4. The molecule has 122 valence electrons. The maximum Gasteiger partial charge on any atom is 0.416 e. The fraction of sp³-hybridized carbons (Fsp3) is 0.533. The van der Waals surface area contributed by atoms with Gasteiger partial charge in [-0.05, 0) is 57.0 Å². The molecule has 1 fully saturated rings. The van der Waals surface area contributed by atoms with Crippen molar-refractivity contribution >= 4 is 11.7 Å². The van der Waals surface area contributed by atoms with Crippen LogP contribution in [-0.2, 0) is 6.18 Å². The van der Waals surface area contributed by atoms with Crippen LogP contribution in [0.15, 0.2) is 24.3 Å². The van der Waals surface area contributed by atoms with Crippen molar-refractivity contribution < 1.29 is 18.0 Å². The van der Waals surface area contributed by atoms with Crippen LogP contribution >= 0.6 is 0 Å². The SMILES string of the molecule is CC(NC(=O)Nc1cccc(C(F)(F)F)c1)C1CCCNC1. The van der Waals surface area contributed by atoms with Crippen LogP contribution in [-0.4, -0.2) is 25.2 Å². The van der Waals surface area contributed by atoms with Crippen molar-refractivity contribution in [3.05, 3.63) is 29.8 Å². The highest BCUT2D eigenvalue weighted by Gasteiger charge is 2.30. The molecule has 1 aromatic rings. The summed E-state index contributed by atoms with van der Waals surface area (Å²) < 4.78 is 37.9. The fourth-order valence-corrected chi connectivity index (χ4v) is 2.57. The highest BCUT2D eigenvalue weighted by Crippen LogP contribution is 2.30. The summed E-state index contributed by atoms with van der Waals surface area (Å²) in [7, 11) is 0. The molecule has 2 atom stereocenters. The van der Waals surface area contributed by atoms with Crippen molar-refractivity contribution in [2.75, 3.05) is 18.4 Å². The van der Waals surface area contributed by atoms with Gasteiger partial charge in [0.2, 0.25) is 0 Å². The van der Waals surface area contributed by atoms with Crippen LogP contribution in [0.2, 0.25) is 0 Å². The Morgan fingerprint density at radius 2 is 2.18 bits per heavy atom. The van der Waals surface area contributed by atoms with Gasteiger partial charge in [-0.1, -0.05) is 6.07 Å². The minimum atomic E-state index is -4.42. The molecule has 0 aliphatic carbocycles. The number of hydrogen-bond acceptors (Lipinski definition) is 2. The zero-order chi connectivity index (χ0) is 16.2. The third kappa shape index (κ3) is 4.62. The second-order valence-electron chi connectivity index (χ2n) is 5.57. The van der Waals surface area contributed by atoms with Crippen LogP contribution in [0.1, 0.15) is 25.3 Å². The predicted octanol–water partition coefficient (Wildman–Crippen LogP) is 3.22. The molecule has 2 unspecified atom stereocenters. The Morgan fingerprint density at radius 1 is 1.41 bits per heavy atom. The van der Waals surface area contributed by atoms with Crippen molar-refractivity contribution in [1.82, 2.24) is 10.6 Å². The maximum atomic E-state index is 12.6. The van der Waals surface area contributed by atoms with Crippen LogP contribution in [0, 0.1) is 5.92 Å². The lowest BCUT2D eigenvalue weighted by atomic mass is 9.93. The van der Waals surface area contributed by atoms with Gasteiger partial charge in [-0.15, -0.1) is 0 Å². The summed E-state index contributed by atoms with van der Waals surface area (Å²) in [6.07, 6.45) is -2.33. The number of amides is 2. The Bertz CT molecular complexity index is 513. The van der Waals surface area contributed by atoms with E-state index in [9.17, 15) is 18.0 Å². The van der Waals surface area contributed by atoms with Gasteiger partial charge in [0.25, 0.3) is 0 Å². The van der Waals surface area contributed by atoms with Gasteiger partial charge in [0.05, 0.1) is 5.56 Å². The Kier molecular flexibility index (Phi) is 5.28. The third-order valence-electron chi connectivity index (χ3n) is 3.85. The van der Waals surface area contributed by atoms with Crippen molar-refractivity contribution in [3.63, 3.8) is 0 Å². The second kappa shape index (κ2) is 7.00. The number of carbonyl (C=O) groups is 1. The molecule has 1 aliphatic heterocycles. The lowest BCUT2D eigenvalue weighted by Gasteiger charge is -2.28. The molecule has 2 amide bonds. The highest BCUT2D eigenvalue weighted by molar-refractivity contribution is 5.89. The predicted molar refractivity (Wildman–Crippen MR) is 78.7 cm³/mol. The van der Waals surface area contributed by atoms with Crippen LogP contribution in [0.3, 0.4) is 0 Å². The van der Waals surface area contributed by atoms with E-state index in [1.165, 1.54) is 12.1 Å². The van der Waals surface area contributed by atoms with Gasteiger partial charge in [0.15, 0.2) is 0 Å². The number of urea groups is 1. The number of piperidine rings is 1. The number of hydrogen-bond donors (Lipinski definition) is 3. The van der Waals surface area contributed by atoms with E-state index in [4.69, 9.17) is 0 Å². The summed E-state index contributed by atoms with van der Waals surface area (Å²) in [6.45, 7) is 3.73. The highest BCUT2D eigenvalue weighted by atomic mass is 19.4. The van der Waals surface area contributed by atoms with Crippen LogP contribution in [0.25, 0.3) is 0 Å². The molecule has 0 aromatic heterocycles. The van der Waals surface area contributed by atoms with Crippen molar-refractivity contribution in [1.29, 1.82) is 0 Å². The monoisotopic (exact) mass is 315 g/mol. The van der Waals surface area contributed by atoms with E-state index < -0.39 is 17.8 Å². The van der Waals surface area contributed by atoms with Crippen LogP contribution < -0.4 is 16.0 Å². The minimum absolute atomic E-state index is 0.0430. The summed E-state index contributed by atoms with van der Waals surface area (Å²) in [5, 5.41) is 8.50. The molecule has 3 N–H and O–H groups in total. The molecule has 0 saturated carbocycles. The lowest BCUT2D eigenvalue weighted by molar-refractivity contribution is -0.137. The molecule has 1 saturated heterocycles. The number of nitrogens with one attached hydrogen (secondary N) is 3. The van der Waals surface area contributed by atoms with E-state index in [0.717, 1.165) is 38.1 Å². The molecule has 7 heteroatoms. The number of halogens is 3. The van der Waals surface area contributed by atoms with E-state index in [2.05, 4.69) is 16.0 Å². The summed E-state index contributed by atoms with van der Waals surface area (Å²) in [4.78, 5) is 11.9. The van der Waals surface area contributed by atoms with E-state index in [0.29, 0.717) is 5.92 Å². The molecule has 2 rings (SSSR count). The first-order valence-electron chi connectivity index (χ1n) is 7.32. The number of benzene rings is 1. The van der Waals surface area contributed by atoms with Crippen molar-refractivity contribution in [3.8, 4) is 0 Å². The molecule has 22 heavy (non-hydrogen) atoms. The van der Waals surface area contributed by atoms with Gasteiger partial charge < -0.3 is 16.0 Å². The molecule has 0 radical (unpaired) electrons.